The molecule has 0 saturated heterocycles. The minimum atomic E-state index is -0.782. The van der Waals surface area contributed by atoms with Gasteiger partial charge >= 0.3 is 5.63 Å². The van der Waals surface area contributed by atoms with Gasteiger partial charge in [-0.15, -0.1) is 11.8 Å². The van der Waals surface area contributed by atoms with E-state index in [1.165, 1.54) is 6.07 Å². The number of nitrogens with one attached hydrogen (secondary N) is 1. The van der Waals surface area contributed by atoms with E-state index in [2.05, 4.69) is 41.7 Å². The fourth-order valence-corrected chi connectivity index (χ4v) is 6.19. The molecule has 0 unspecified atom stereocenters. The summed E-state index contributed by atoms with van der Waals surface area (Å²) in [5.41, 5.74) is 11.1. The van der Waals surface area contributed by atoms with E-state index in [9.17, 15) is 9.59 Å². The molecular formula is C32H28N2O3S. The zero-order chi connectivity index (χ0) is 26.5. The molecule has 6 heteroatoms. The molecular weight excluding hydrogens is 492 g/mol. The molecule has 0 aliphatic carbocycles. The average molecular weight is 521 g/mol. The van der Waals surface area contributed by atoms with Gasteiger partial charge in [-0.25, -0.2) is 4.79 Å². The summed E-state index contributed by atoms with van der Waals surface area (Å²) in [7, 11) is 0. The first-order chi connectivity index (χ1) is 18.5. The molecule has 5 rings (SSSR count). The van der Waals surface area contributed by atoms with Gasteiger partial charge in [0.15, 0.2) is 0 Å². The Morgan fingerprint density at radius 3 is 1.89 bits per heavy atom. The van der Waals surface area contributed by atoms with Crippen LogP contribution in [0.2, 0.25) is 0 Å². The van der Waals surface area contributed by atoms with E-state index in [-0.39, 0.29) is 5.91 Å². The van der Waals surface area contributed by atoms with Crippen molar-refractivity contribution in [3.8, 4) is 0 Å². The Morgan fingerprint density at radius 2 is 1.37 bits per heavy atom. The van der Waals surface area contributed by atoms with Crippen LogP contribution in [0.15, 0.2) is 124 Å². The second-order valence-corrected chi connectivity index (χ2v) is 10.4. The van der Waals surface area contributed by atoms with Crippen molar-refractivity contribution in [2.75, 3.05) is 11.1 Å². The van der Waals surface area contributed by atoms with Gasteiger partial charge < -0.3 is 15.5 Å². The third-order valence-corrected chi connectivity index (χ3v) is 8.24. The summed E-state index contributed by atoms with van der Waals surface area (Å²) in [6, 6.07) is 36.8. The Bertz CT molecular complexity index is 1510. The first kappa shape index (κ1) is 25.5. The maximum atomic E-state index is 13.2. The van der Waals surface area contributed by atoms with E-state index < -0.39 is 16.4 Å². The summed E-state index contributed by atoms with van der Waals surface area (Å²) >= 11 is 1.64. The van der Waals surface area contributed by atoms with Gasteiger partial charge in [-0.05, 0) is 41.3 Å². The van der Waals surface area contributed by atoms with Crippen LogP contribution in [0.3, 0.4) is 0 Å². The molecule has 1 aromatic heterocycles. The molecule has 0 spiro atoms. The van der Waals surface area contributed by atoms with Crippen LogP contribution in [0, 0.1) is 6.92 Å². The zero-order valence-corrected chi connectivity index (χ0v) is 21.8. The average Bonchev–Trinajstić information content (AvgIpc) is 2.94. The Kier molecular flexibility index (Phi) is 7.45. The lowest BCUT2D eigenvalue weighted by molar-refractivity contribution is -0.116. The number of nitrogens with two attached hydrogens (primary N) is 1. The molecule has 0 aliphatic rings. The maximum Gasteiger partial charge on any atom is 0.336 e. The van der Waals surface area contributed by atoms with Gasteiger partial charge in [0.25, 0.3) is 0 Å². The molecule has 0 aliphatic heterocycles. The van der Waals surface area contributed by atoms with Crippen LogP contribution < -0.4 is 16.7 Å². The standard InChI is InChI=1S/C32H28N2O3S/c1-22-19-30(35)37-29-20-26(17-18-27(22)29)34-31(36)28(33)21-38-32(23-11-5-2-6-12-23,24-13-7-3-8-14-24)25-15-9-4-10-16-25/h2-20,28H,21,33H2,1H3,(H,34,36)/t28-/m1/s1. The van der Waals surface area contributed by atoms with Crippen molar-refractivity contribution in [3.05, 3.63) is 148 Å². The lowest BCUT2D eigenvalue weighted by Gasteiger charge is -2.36. The zero-order valence-electron chi connectivity index (χ0n) is 21.0. The highest BCUT2D eigenvalue weighted by molar-refractivity contribution is 8.00. The molecule has 38 heavy (non-hydrogen) atoms. The van der Waals surface area contributed by atoms with Gasteiger partial charge in [-0.2, -0.15) is 0 Å². The van der Waals surface area contributed by atoms with Gasteiger partial charge in [0.05, 0.1) is 10.8 Å². The number of hydrogen-bond donors (Lipinski definition) is 2. The molecule has 1 atom stereocenters. The van der Waals surface area contributed by atoms with Gasteiger partial charge in [0.1, 0.15) is 5.58 Å². The van der Waals surface area contributed by atoms with Crippen LogP contribution >= 0.6 is 11.8 Å². The predicted octanol–water partition coefficient (Wildman–Crippen LogP) is 6.09. The lowest BCUT2D eigenvalue weighted by Crippen LogP contribution is -2.39. The number of benzene rings is 4. The molecule has 1 heterocycles. The second-order valence-electron chi connectivity index (χ2n) is 9.15. The van der Waals surface area contributed by atoms with Gasteiger partial charge in [-0.3, -0.25) is 4.79 Å². The van der Waals surface area contributed by atoms with Crippen molar-refractivity contribution < 1.29 is 9.21 Å². The normalized spacial score (nSPS) is 12.3. The molecule has 5 aromatic rings. The first-order valence-electron chi connectivity index (χ1n) is 12.4. The minimum Gasteiger partial charge on any atom is -0.423 e. The summed E-state index contributed by atoms with van der Waals surface area (Å²) in [5.74, 6) is 0.0571. The molecule has 190 valence electrons. The number of carbonyl (C=O) groups excluding carboxylic acids is 1. The highest BCUT2D eigenvalue weighted by Crippen LogP contribution is 2.48. The molecule has 0 fully saturated rings. The van der Waals surface area contributed by atoms with Crippen LogP contribution in [-0.4, -0.2) is 17.7 Å². The molecule has 0 bridgehead atoms. The Hall–Kier alpha value is -4.13. The predicted molar refractivity (Wildman–Crippen MR) is 155 cm³/mol. The SMILES string of the molecule is Cc1cc(=O)oc2cc(NC(=O)[C@H](N)CSC(c3ccccc3)(c3ccccc3)c3ccccc3)ccc12. The fourth-order valence-electron chi connectivity index (χ4n) is 4.70. The van der Waals surface area contributed by atoms with Crippen LogP contribution in [0.4, 0.5) is 5.69 Å². The first-order valence-corrected chi connectivity index (χ1v) is 13.4. The molecule has 0 radical (unpaired) electrons. The topological polar surface area (TPSA) is 85.3 Å². The Morgan fingerprint density at radius 1 is 0.842 bits per heavy atom. The van der Waals surface area contributed by atoms with E-state index in [1.807, 2.05) is 67.6 Å². The van der Waals surface area contributed by atoms with E-state index in [4.69, 9.17) is 10.2 Å². The van der Waals surface area contributed by atoms with E-state index in [0.717, 1.165) is 27.6 Å². The van der Waals surface area contributed by atoms with Gasteiger partial charge in [-0.1, -0.05) is 91.0 Å². The smallest absolute Gasteiger partial charge is 0.336 e. The number of amides is 1. The largest absolute Gasteiger partial charge is 0.423 e. The van der Waals surface area contributed by atoms with Crippen molar-refractivity contribution in [3.63, 3.8) is 0 Å². The summed E-state index contributed by atoms with van der Waals surface area (Å²) in [6.07, 6.45) is 0. The number of rotatable bonds is 8. The van der Waals surface area contributed by atoms with Crippen molar-refractivity contribution in [1.82, 2.24) is 0 Å². The summed E-state index contributed by atoms with van der Waals surface area (Å²) in [5, 5.41) is 3.71. The van der Waals surface area contributed by atoms with Gasteiger partial charge in [0.2, 0.25) is 5.91 Å². The van der Waals surface area contributed by atoms with Crippen molar-refractivity contribution in [1.29, 1.82) is 0 Å². The lowest BCUT2D eigenvalue weighted by atomic mass is 9.84. The number of carbonyl (C=O) groups is 1. The summed E-state index contributed by atoms with van der Waals surface area (Å²) < 4.78 is 4.76. The third kappa shape index (κ3) is 5.14. The quantitative estimate of drug-likeness (QED) is 0.191. The van der Waals surface area contributed by atoms with Crippen molar-refractivity contribution >= 4 is 34.3 Å². The van der Waals surface area contributed by atoms with E-state index in [0.29, 0.717) is 17.0 Å². The van der Waals surface area contributed by atoms with Crippen molar-refractivity contribution in [2.45, 2.75) is 17.7 Å². The summed E-state index contributed by atoms with van der Waals surface area (Å²) in [4.78, 5) is 25.0. The number of hydrogen-bond acceptors (Lipinski definition) is 5. The Balaban J connectivity index is 1.44. The van der Waals surface area contributed by atoms with Crippen LogP contribution in [0.1, 0.15) is 22.3 Å². The minimum absolute atomic E-state index is 0.310. The van der Waals surface area contributed by atoms with E-state index in [1.54, 1.807) is 23.9 Å². The van der Waals surface area contributed by atoms with Gasteiger partial charge in [0, 0.05) is 29.0 Å². The number of thioether (sulfide) groups is 1. The molecule has 5 nitrogen and oxygen atoms in total. The summed E-state index contributed by atoms with van der Waals surface area (Å²) in [6.45, 7) is 1.85. The number of aryl methyl sites for hydroxylation is 1. The molecule has 0 saturated carbocycles. The van der Waals surface area contributed by atoms with Crippen LogP contribution in [-0.2, 0) is 9.54 Å². The fraction of sp³-hybridized carbons (Fsp3) is 0.125. The number of anilines is 1. The second kappa shape index (κ2) is 11.1. The number of fused-ring (bicyclic) bond motifs is 1. The maximum absolute atomic E-state index is 13.2. The molecule has 1 amide bonds. The molecule has 3 N–H and O–H groups in total. The van der Waals surface area contributed by atoms with E-state index >= 15 is 0 Å². The highest BCUT2D eigenvalue weighted by atomic mass is 32.2. The Labute approximate surface area is 225 Å². The molecule has 4 aromatic carbocycles. The van der Waals surface area contributed by atoms with Crippen LogP contribution in [0.5, 0.6) is 0 Å². The third-order valence-electron chi connectivity index (χ3n) is 6.58. The monoisotopic (exact) mass is 520 g/mol. The van der Waals surface area contributed by atoms with Crippen molar-refractivity contribution in [2.24, 2.45) is 5.73 Å². The highest BCUT2D eigenvalue weighted by Gasteiger charge is 2.37. The van der Waals surface area contributed by atoms with Crippen LogP contribution in [0.25, 0.3) is 11.0 Å².